The maximum atomic E-state index is 12.0. The molecule has 0 bridgehead atoms. The first-order valence-corrected chi connectivity index (χ1v) is 8.03. The highest BCUT2D eigenvalue weighted by Crippen LogP contribution is 2.32. The zero-order valence-electron chi connectivity index (χ0n) is 13.0. The number of aliphatic imine (C=N–C) groups is 1. The van der Waals surface area contributed by atoms with E-state index in [0.29, 0.717) is 5.56 Å². The molecule has 3 rings (SSSR count). The molecule has 2 aromatic rings. The molecule has 2 aromatic carbocycles. The van der Waals surface area contributed by atoms with Crippen molar-refractivity contribution in [2.24, 2.45) is 4.99 Å². The number of benzene rings is 2. The maximum Gasteiger partial charge on any atom is 0.339 e. The molecule has 8 nitrogen and oxygen atoms in total. The van der Waals surface area contributed by atoms with Gasteiger partial charge < -0.3 is 25.7 Å². The van der Waals surface area contributed by atoms with Gasteiger partial charge in [-0.05, 0) is 48.2 Å². The van der Waals surface area contributed by atoms with Crippen molar-refractivity contribution in [3.8, 4) is 17.2 Å². The number of thioether (sulfide) groups is 1. The summed E-state index contributed by atoms with van der Waals surface area (Å²) in [6.45, 7) is 0. The molecule has 1 aliphatic rings. The molecule has 0 unspecified atom stereocenters. The van der Waals surface area contributed by atoms with Gasteiger partial charge in [-0.3, -0.25) is 4.79 Å². The standard InChI is InChI=1S/C17H12N2O6S/c20-10-3-1-8(13(22)7-10)5-14-15(23)19-17(26-14)18-9-2-4-12(21)11(6-9)16(24)25/h1-7,20-22H,(H,24,25)(H,18,19,23)/b14-5-. The van der Waals surface area contributed by atoms with Crippen LogP contribution in [0.25, 0.3) is 6.08 Å². The quantitative estimate of drug-likeness (QED) is 0.521. The molecule has 1 amide bonds. The molecule has 0 atom stereocenters. The van der Waals surface area contributed by atoms with Gasteiger partial charge in [-0.25, -0.2) is 9.79 Å². The number of hydrogen-bond donors (Lipinski definition) is 5. The Kier molecular flexibility index (Phi) is 4.55. The molecule has 0 saturated carbocycles. The molecular formula is C17H12N2O6S. The molecule has 1 heterocycles. The van der Waals surface area contributed by atoms with E-state index in [4.69, 9.17) is 5.11 Å². The van der Waals surface area contributed by atoms with Gasteiger partial charge >= 0.3 is 5.97 Å². The molecule has 132 valence electrons. The summed E-state index contributed by atoms with van der Waals surface area (Å²) in [5, 5.41) is 40.4. The Hall–Kier alpha value is -3.46. The van der Waals surface area contributed by atoms with Crippen molar-refractivity contribution in [2.75, 3.05) is 0 Å². The van der Waals surface area contributed by atoms with Gasteiger partial charge in [0.15, 0.2) is 5.17 Å². The summed E-state index contributed by atoms with van der Waals surface area (Å²) >= 11 is 1.01. The first kappa shape index (κ1) is 17.4. The van der Waals surface area contributed by atoms with Crippen molar-refractivity contribution in [1.29, 1.82) is 0 Å². The zero-order chi connectivity index (χ0) is 18.8. The van der Waals surface area contributed by atoms with Crippen LogP contribution in [0, 0.1) is 0 Å². The molecular weight excluding hydrogens is 360 g/mol. The lowest BCUT2D eigenvalue weighted by molar-refractivity contribution is -0.115. The number of phenols is 3. The molecule has 1 aliphatic heterocycles. The molecule has 0 aromatic heterocycles. The minimum absolute atomic E-state index is 0.100. The van der Waals surface area contributed by atoms with Crippen LogP contribution in [-0.4, -0.2) is 37.5 Å². The third-order valence-corrected chi connectivity index (χ3v) is 4.30. The average Bonchev–Trinajstić information content (AvgIpc) is 2.91. The molecule has 1 fully saturated rings. The highest BCUT2D eigenvalue weighted by atomic mass is 32.2. The minimum Gasteiger partial charge on any atom is -0.508 e. The van der Waals surface area contributed by atoms with Gasteiger partial charge in [0.05, 0.1) is 10.6 Å². The van der Waals surface area contributed by atoms with Gasteiger partial charge in [0.2, 0.25) is 0 Å². The summed E-state index contributed by atoms with van der Waals surface area (Å²) in [4.78, 5) is 27.5. The van der Waals surface area contributed by atoms with Crippen molar-refractivity contribution in [3.63, 3.8) is 0 Å². The summed E-state index contributed by atoms with van der Waals surface area (Å²) in [6, 6.07) is 7.79. The Morgan fingerprint density at radius 2 is 1.85 bits per heavy atom. The van der Waals surface area contributed by atoms with E-state index in [2.05, 4.69) is 10.3 Å². The Morgan fingerprint density at radius 3 is 2.54 bits per heavy atom. The number of aromatic carboxylic acids is 1. The topological polar surface area (TPSA) is 139 Å². The Morgan fingerprint density at radius 1 is 1.08 bits per heavy atom. The third kappa shape index (κ3) is 3.62. The van der Waals surface area contributed by atoms with Gasteiger partial charge in [0.25, 0.3) is 5.91 Å². The Bertz CT molecular complexity index is 983. The minimum atomic E-state index is -1.30. The van der Waals surface area contributed by atoms with E-state index < -0.39 is 11.9 Å². The molecule has 0 spiro atoms. The molecule has 5 N–H and O–H groups in total. The number of carbonyl (C=O) groups is 2. The van der Waals surface area contributed by atoms with Crippen LogP contribution in [0.1, 0.15) is 15.9 Å². The lowest BCUT2D eigenvalue weighted by Gasteiger charge is -2.01. The van der Waals surface area contributed by atoms with E-state index in [0.717, 1.165) is 17.8 Å². The second-order valence-electron chi connectivity index (χ2n) is 5.23. The number of aromatic hydroxyl groups is 3. The van der Waals surface area contributed by atoms with E-state index in [1.807, 2.05) is 0 Å². The first-order chi connectivity index (χ1) is 12.3. The van der Waals surface area contributed by atoms with Gasteiger partial charge in [-0.1, -0.05) is 0 Å². The fourth-order valence-electron chi connectivity index (χ4n) is 2.16. The first-order valence-electron chi connectivity index (χ1n) is 7.21. The fraction of sp³-hybridized carbons (Fsp3) is 0. The number of rotatable bonds is 3. The van der Waals surface area contributed by atoms with Gasteiger partial charge in [-0.2, -0.15) is 0 Å². The lowest BCUT2D eigenvalue weighted by Crippen LogP contribution is -2.19. The number of carboxylic acids is 1. The highest BCUT2D eigenvalue weighted by molar-refractivity contribution is 8.18. The van der Waals surface area contributed by atoms with Crippen LogP contribution in [0.15, 0.2) is 46.3 Å². The Balaban J connectivity index is 1.88. The molecule has 9 heteroatoms. The SMILES string of the molecule is O=C1NC(=Nc2ccc(O)c(C(=O)O)c2)S/C1=C\c1ccc(O)cc1O. The van der Waals surface area contributed by atoms with Crippen molar-refractivity contribution in [3.05, 3.63) is 52.4 Å². The van der Waals surface area contributed by atoms with E-state index >= 15 is 0 Å². The van der Waals surface area contributed by atoms with Crippen molar-refractivity contribution in [2.45, 2.75) is 0 Å². The average molecular weight is 372 g/mol. The van der Waals surface area contributed by atoms with Crippen LogP contribution in [0.4, 0.5) is 5.69 Å². The summed E-state index contributed by atoms with van der Waals surface area (Å²) in [6.07, 6.45) is 1.44. The smallest absolute Gasteiger partial charge is 0.339 e. The number of amides is 1. The van der Waals surface area contributed by atoms with Crippen molar-refractivity contribution >= 4 is 40.6 Å². The van der Waals surface area contributed by atoms with Crippen LogP contribution >= 0.6 is 11.8 Å². The van der Waals surface area contributed by atoms with Gasteiger partial charge in [-0.15, -0.1) is 0 Å². The predicted molar refractivity (Wildman–Crippen MR) is 95.6 cm³/mol. The monoisotopic (exact) mass is 372 g/mol. The van der Waals surface area contributed by atoms with Gasteiger partial charge in [0.1, 0.15) is 22.8 Å². The fourth-order valence-corrected chi connectivity index (χ4v) is 2.99. The van der Waals surface area contributed by atoms with Crippen LogP contribution < -0.4 is 5.32 Å². The van der Waals surface area contributed by atoms with Crippen molar-refractivity contribution in [1.82, 2.24) is 5.32 Å². The van der Waals surface area contributed by atoms with Crippen LogP contribution in [0.2, 0.25) is 0 Å². The number of phenolic OH excluding ortho intramolecular Hbond substituents is 2. The number of nitrogens with one attached hydrogen (secondary N) is 1. The second kappa shape index (κ2) is 6.81. The summed E-state index contributed by atoms with van der Waals surface area (Å²) in [5.41, 5.74) is 0.294. The second-order valence-corrected chi connectivity index (χ2v) is 6.26. The summed E-state index contributed by atoms with van der Waals surface area (Å²) in [5.74, 6) is -2.39. The van der Waals surface area contributed by atoms with Crippen LogP contribution in [-0.2, 0) is 4.79 Å². The summed E-state index contributed by atoms with van der Waals surface area (Å²) < 4.78 is 0. The molecule has 1 saturated heterocycles. The van der Waals surface area contributed by atoms with Crippen LogP contribution in [0.5, 0.6) is 17.2 Å². The Labute approximate surface area is 151 Å². The van der Waals surface area contributed by atoms with Crippen LogP contribution in [0.3, 0.4) is 0 Å². The maximum absolute atomic E-state index is 12.0. The van der Waals surface area contributed by atoms with E-state index in [1.165, 1.54) is 36.4 Å². The number of amidine groups is 1. The number of nitrogens with zero attached hydrogens (tertiary/aromatic N) is 1. The normalized spacial score (nSPS) is 16.8. The number of carbonyl (C=O) groups excluding carboxylic acids is 1. The lowest BCUT2D eigenvalue weighted by atomic mass is 10.2. The predicted octanol–water partition coefficient (Wildman–Crippen LogP) is 2.39. The zero-order valence-corrected chi connectivity index (χ0v) is 13.8. The molecule has 0 aliphatic carbocycles. The van der Waals surface area contributed by atoms with E-state index in [1.54, 1.807) is 0 Å². The highest BCUT2D eigenvalue weighted by Gasteiger charge is 2.24. The molecule has 0 radical (unpaired) electrons. The van der Waals surface area contributed by atoms with Gasteiger partial charge in [0, 0.05) is 11.6 Å². The third-order valence-electron chi connectivity index (χ3n) is 3.39. The van der Waals surface area contributed by atoms with E-state index in [-0.39, 0.29) is 38.6 Å². The largest absolute Gasteiger partial charge is 0.508 e. The van der Waals surface area contributed by atoms with E-state index in [9.17, 15) is 24.9 Å². The number of hydrogen-bond acceptors (Lipinski definition) is 7. The summed E-state index contributed by atoms with van der Waals surface area (Å²) in [7, 11) is 0. The molecule has 26 heavy (non-hydrogen) atoms. The van der Waals surface area contributed by atoms with Crippen molar-refractivity contribution < 1.29 is 30.0 Å². The number of carboxylic acid groups (broad SMARTS) is 1.